The van der Waals surface area contributed by atoms with Crippen molar-refractivity contribution in [2.24, 2.45) is 0 Å². The number of hydrogen-bond acceptors (Lipinski definition) is 0. The monoisotopic (exact) mass is 195 g/mol. The Hall–Kier alpha value is 0.830. The first-order valence-corrected chi connectivity index (χ1v) is 4.62. The second-order valence-electron chi connectivity index (χ2n) is 1.89. The van der Waals surface area contributed by atoms with Crippen LogP contribution in [0.4, 0.5) is 0 Å². The third-order valence-electron chi connectivity index (χ3n) is 1.04. The van der Waals surface area contributed by atoms with E-state index in [9.17, 15) is 0 Å². The van der Waals surface area contributed by atoms with E-state index in [0.717, 1.165) is 11.8 Å². The van der Waals surface area contributed by atoms with Gasteiger partial charge in [-0.3, -0.25) is 0 Å². The van der Waals surface area contributed by atoms with Crippen molar-refractivity contribution in [2.75, 3.05) is 5.33 Å². The Morgan fingerprint density at radius 3 is 2.50 bits per heavy atom. The molecule has 2 heteroatoms. The average Bonchev–Trinajstić information content (AvgIpc) is 1.68. The van der Waals surface area contributed by atoms with Gasteiger partial charge in [0, 0.05) is 10.6 Å². The molecule has 1 atom stereocenters. The van der Waals surface area contributed by atoms with E-state index < -0.39 is 0 Å². The topological polar surface area (TPSA) is 0 Å². The molecule has 0 aromatic rings. The van der Waals surface area contributed by atoms with Gasteiger partial charge in [0.15, 0.2) is 0 Å². The molecule has 0 heterocycles. The largest absolute Gasteiger partial charge is 0.0928 e. The van der Waals surface area contributed by atoms with Crippen LogP contribution in [0.15, 0.2) is 0 Å². The summed E-state index contributed by atoms with van der Waals surface area (Å²) in [6, 6.07) is 0. The van der Waals surface area contributed by atoms with Gasteiger partial charge < -0.3 is 0 Å². The molecule has 0 spiro atoms. The minimum absolute atomic E-state index is 0.499. The first-order chi connectivity index (χ1) is 3.81. The molecule has 0 aromatic carbocycles. The maximum Gasteiger partial charge on any atom is 0.0159 e. The lowest BCUT2D eigenvalue weighted by atomic mass is 10.2. The van der Waals surface area contributed by atoms with Crippen LogP contribution in [0.5, 0.6) is 0 Å². The fourth-order valence-corrected chi connectivity index (χ4v) is 1.80. The van der Waals surface area contributed by atoms with Gasteiger partial charge in [0.1, 0.15) is 0 Å². The zero-order valence-corrected chi connectivity index (χ0v) is 7.59. The minimum atomic E-state index is 0.499. The molecule has 0 nitrogen and oxygen atoms in total. The quantitative estimate of drug-likeness (QED) is 0.606. The normalized spacial score (nSPS) is 13.9. The second kappa shape index (κ2) is 5.96. The highest BCUT2D eigenvalue weighted by atomic mass is 79.9. The Labute approximate surface area is 65.6 Å². The summed E-state index contributed by atoms with van der Waals surface area (Å²) >= 11 is 8.46. The Balaban J connectivity index is 2.92. The van der Waals surface area contributed by atoms with Crippen LogP contribution in [0.3, 0.4) is 0 Å². The molecule has 0 aromatic heterocycles. The summed E-state index contributed by atoms with van der Waals surface area (Å²) in [5.74, 6) is 0. The summed E-state index contributed by atoms with van der Waals surface area (Å²) in [6.07, 6.45) is 3.56. The second-order valence-corrected chi connectivity index (χ2v) is 3.35. The van der Waals surface area contributed by atoms with Crippen molar-refractivity contribution >= 4 is 28.6 Å². The third-order valence-corrected chi connectivity index (χ3v) is 1.97. The van der Waals surface area contributed by atoms with Crippen LogP contribution in [0.25, 0.3) is 0 Å². The van der Waals surface area contributed by atoms with E-state index in [4.69, 9.17) is 12.6 Å². The summed E-state index contributed by atoms with van der Waals surface area (Å²) in [6.45, 7) is 2.17. The first-order valence-electron chi connectivity index (χ1n) is 3.03. The molecular weight excluding hydrogens is 184 g/mol. The third kappa shape index (κ3) is 4.98. The molecule has 1 unspecified atom stereocenters. The number of rotatable bonds is 4. The summed E-state index contributed by atoms with van der Waals surface area (Å²) < 4.78 is 0. The standard InChI is InChI=1S/C6H12BrS/c1-2-3-6(8)4-5-7/h6H,2-5H2,1H3. The molecule has 0 bridgehead atoms. The summed E-state index contributed by atoms with van der Waals surface area (Å²) in [5, 5.41) is 1.56. The SMILES string of the molecule is CCCC([S])CCBr. The van der Waals surface area contributed by atoms with Crippen molar-refractivity contribution in [2.45, 2.75) is 31.4 Å². The van der Waals surface area contributed by atoms with E-state index in [2.05, 4.69) is 22.9 Å². The Morgan fingerprint density at radius 1 is 1.50 bits per heavy atom. The van der Waals surface area contributed by atoms with Gasteiger partial charge in [0.05, 0.1) is 0 Å². The van der Waals surface area contributed by atoms with Crippen molar-refractivity contribution in [3.05, 3.63) is 0 Å². The zero-order chi connectivity index (χ0) is 6.41. The van der Waals surface area contributed by atoms with Gasteiger partial charge in [-0.1, -0.05) is 41.9 Å². The molecule has 0 fully saturated rings. The van der Waals surface area contributed by atoms with Crippen LogP contribution in [0, 0.1) is 0 Å². The van der Waals surface area contributed by atoms with E-state index in [-0.39, 0.29) is 0 Å². The van der Waals surface area contributed by atoms with Crippen molar-refractivity contribution in [3.63, 3.8) is 0 Å². The van der Waals surface area contributed by atoms with Gasteiger partial charge in [-0.2, -0.15) is 0 Å². The van der Waals surface area contributed by atoms with Gasteiger partial charge in [0.2, 0.25) is 0 Å². The molecule has 0 aliphatic carbocycles. The van der Waals surface area contributed by atoms with Crippen LogP contribution >= 0.6 is 28.6 Å². The fraction of sp³-hybridized carbons (Fsp3) is 1.00. The summed E-state index contributed by atoms with van der Waals surface area (Å²) in [7, 11) is 0. The van der Waals surface area contributed by atoms with Gasteiger partial charge in [0.25, 0.3) is 0 Å². The Kier molecular flexibility index (Phi) is 6.58. The van der Waals surface area contributed by atoms with E-state index in [0.29, 0.717) is 5.25 Å². The number of halogens is 1. The molecule has 8 heavy (non-hydrogen) atoms. The van der Waals surface area contributed by atoms with Crippen molar-refractivity contribution in [1.82, 2.24) is 0 Å². The van der Waals surface area contributed by atoms with Crippen LogP contribution in [-0.4, -0.2) is 10.6 Å². The number of hydrogen-bond donors (Lipinski definition) is 0. The van der Waals surface area contributed by atoms with E-state index in [1.54, 1.807) is 0 Å². The lowest BCUT2D eigenvalue weighted by Crippen LogP contribution is -1.97. The summed E-state index contributed by atoms with van der Waals surface area (Å²) in [4.78, 5) is 0. The Morgan fingerprint density at radius 2 is 2.12 bits per heavy atom. The molecule has 0 rings (SSSR count). The fourth-order valence-electron chi connectivity index (χ4n) is 0.588. The lowest BCUT2D eigenvalue weighted by Gasteiger charge is -2.02. The molecule has 1 radical (unpaired) electrons. The highest BCUT2D eigenvalue weighted by Crippen LogP contribution is 2.09. The molecule has 0 saturated carbocycles. The predicted octanol–water partition coefficient (Wildman–Crippen LogP) is 3.14. The van der Waals surface area contributed by atoms with Crippen molar-refractivity contribution in [3.8, 4) is 0 Å². The van der Waals surface area contributed by atoms with Crippen LogP contribution < -0.4 is 0 Å². The molecular formula is C6H12BrS. The van der Waals surface area contributed by atoms with E-state index in [1.165, 1.54) is 12.8 Å². The zero-order valence-electron chi connectivity index (χ0n) is 5.19. The highest BCUT2D eigenvalue weighted by Gasteiger charge is 1.98. The molecule has 0 aliphatic heterocycles. The van der Waals surface area contributed by atoms with Crippen molar-refractivity contribution < 1.29 is 0 Å². The Bertz CT molecular complexity index is 41.8. The lowest BCUT2D eigenvalue weighted by molar-refractivity contribution is 0.730. The molecule has 0 amide bonds. The predicted molar refractivity (Wildman–Crippen MR) is 44.7 cm³/mol. The van der Waals surface area contributed by atoms with Crippen LogP contribution in [-0.2, 0) is 0 Å². The number of alkyl halides is 1. The van der Waals surface area contributed by atoms with Crippen LogP contribution in [0.2, 0.25) is 0 Å². The molecule has 49 valence electrons. The minimum Gasteiger partial charge on any atom is -0.0928 e. The van der Waals surface area contributed by atoms with Crippen LogP contribution in [0.1, 0.15) is 26.2 Å². The molecule has 0 N–H and O–H groups in total. The maximum absolute atomic E-state index is 5.11. The average molecular weight is 196 g/mol. The van der Waals surface area contributed by atoms with Gasteiger partial charge >= 0.3 is 0 Å². The highest BCUT2D eigenvalue weighted by molar-refractivity contribution is 9.09. The molecule has 0 aliphatic rings. The maximum atomic E-state index is 5.11. The van der Waals surface area contributed by atoms with Gasteiger partial charge in [-0.05, 0) is 12.8 Å². The van der Waals surface area contributed by atoms with E-state index >= 15 is 0 Å². The molecule has 0 saturated heterocycles. The van der Waals surface area contributed by atoms with Crippen molar-refractivity contribution in [1.29, 1.82) is 0 Å². The van der Waals surface area contributed by atoms with E-state index in [1.807, 2.05) is 0 Å². The summed E-state index contributed by atoms with van der Waals surface area (Å²) in [5.41, 5.74) is 0. The smallest absolute Gasteiger partial charge is 0.0159 e. The van der Waals surface area contributed by atoms with Gasteiger partial charge in [-0.25, -0.2) is 0 Å². The van der Waals surface area contributed by atoms with Gasteiger partial charge in [-0.15, -0.1) is 0 Å². The first kappa shape index (κ1) is 8.83.